The highest BCUT2D eigenvalue weighted by molar-refractivity contribution is 6.00. The van der Waals surface area contributed by atoms with E-state index in [0.717, 1.165) is 86.2 Å². The number of piperazine rings is 1. The Bertz CT molecular complexity index is 3170. The number of para-hydroxylation sites is 1. The highest BCUT2D eigenvalue weighted by Gasteiger charge is 2.44. The maximum Gasteiger partial charge on any atom is 0.250 e. The number of nitrogens with two attached hydrogens (primary N) is 1. The normalized spacial score (nSPS) is 20.4. The summed E-state index contributed by atoms with van der Waals surface area (Å²) in [5.41, 5.74) is 12.3. The first-order chi connectivity index (χ1) is 39.5. The van der Waals surface area contributed by atoms with Crippen LogP contribution in [-0.2, 0) is 35.1 Å². The lowest BCUT2D eigenvalue weighted by Crippen LogP contribution is -2.52. The molecule has 4 aromatic carbocycles. The van der Waals surface area contributed by atoms with Crippen LogP contribution < -0.4 is 31.7 Å². The van der Waals surface area contributed by atoms with Gasteiger partial charge in [-0.3, -0.25) is 33.8 Å². The number of likely N-dealkylation sites (N-methyl/N-ethyl adjacent to an activating group) is 1. The van der Waals surface area contributed by atoms with Gasteiger partial charge in [0.2, 0.25) is 23.6 Å². The van der Waals surface area contributed by atoms with Crippen LogP contribution in [0, 0.1) is 0 Å². The van der Waals surface area contributed by atoms with Crippen LogP contribution in [0.15, 0.2) is 134 Å². The molecule has 424 valence electrons. The number of amides is 5. The summed E-state index contributed by atoms with van der Waals surface area (Å²) in [6, 6.07) is 33.0. The van der Waals surface area contributed by atoms with Gasteiger partial charge in [0.25, 0.3) is 5.91 Å². The van der Waals surface area contributed by atoms with Gasteiger partial charge in [-0.05, 0) is 112 Å². The van der Waals surface area contributed by atoms with E-state index < -0.39 is 30.1 Å². The van der Waals surface area contributed by atoms with Gasteiger partial charge in [-0.2, -0.15) is 5.10 Å². The molecular formula is C62H74N12O7. The van der Waals surface area contributed by atoms with Gasteiger partial charge in [0, 0.05) is 88.5 Å². The van der Waals surface area contributed by atoms with Gasteiger partial charge in [0.15, 0.2) is 5.65 Å². The van der Waals surface area contributed by atoms with Gasteiger partial charge >= 0.3 is 0 Å². The van der Waals surface area contributed by atoms with E-state index in [1.807, 2.05) is 94.5 Å². The number of carbonyl (C=O) groups excluding carboxylic acids is 5. The number of ether oxygens (including phenoxy) is 2. The number of aromatic nitrogens is 3. The van der Waals surface area contributed by atoms with E-state index in [9.17, 15) is 24.0 Å². The highest BCUT2D eigenvalue weighted by atomic mass is 16.5. The Kier molecular flexibility index (Phi) is 18.4. The number of aryl methyl sites for hydroxylation is 1. The van der Waals surface area contributed by atoms with E-state index in [4.69, 9.17) is 25.3 Å². The molecule has 1 aliphatic carbocycles. The second kappa shape index (κ2) is 26.5. The molecule has 10 rings (SSSR count). The van der Waals surface area contributed by atoms with Crippen molar-refractivity contribution in [1.82, 2.24) is 55.6 Å². The average Bonchev–Trinajstić information content (AvgIpc) is 4.30. The third-order valence-corrected chi connectivity index (χ3v) is 16.1. The highest BCUT2D eigenvalue weighted by Crippen LogP contribution is 2.36. The molecule has 5 heterocycles. The summed E-state index contributed by atoms with van der Waals surface area (Å²) in [6.45, 7) is 7.71. The predicted octanol–water partition coefficient (Wildman–Crippen LogP) is 5.57. The number of carbonyl (C=O) groups is 5. The number of hydrogen-bond donors (Lipinski definition) is 5. The minimum Gasteiger partial charge on any atom is -0.457 e. The van der Waals surface area contributed by atoms with Crippen LogP contribution in [-0.4, -0.2) is 161 Å². The summed E-state index contributed by atoms with van der Waals surface area (Å²) >= 11 is 0. The van der Waals surface area contributed by atoms with Crippen LogP contribution in [0.25, 0.3) is 22.3 Å². The van der Waals surface area contributed by atoms with Gasteiger partial charge in [-0.1, -0.05) is 78.9 Å². The Morgan fingerprint density at radius 2 is 1.53 bits per heavy atom. The molecule has 81 heavy (non-hydrogen) atoms. The summed E-state index contributed by atoms with van der Waals surface area (Å²) in [5, 5.41) is 18.0. The maximum absolute atomic E-state index is 14.6. The van der Waals surface area contributed by atoms with E-state index in [1.54, 1.807) is 56.6 Å². The predicted molar refractivity (Wildman–Crippen MR) is 310 cm³/mol. The summed E-state index contributed by atoms with van der Waals surface area (Å²) in [6.07, 6.45) is 9.87. The smallest absolute Gasteiger partial charge is 0.250 e. The molecule has 3 fully saturated rings. The molecule has 6 N–H and O–H groups in total. The molecular weight excluding hydrogens is 1020 g/mol. The number of nitrogens with zero attached hydrogens (tertiary/aromatic N) is 7. The van der Waals surface area contributed by atoms with Crippen molar-refractivity contribution >= 4 is 46.3 Å². The van der Waals surface area contributed by atoms with Crippen LogP contribution in [0.3, 0.4) is 0 Å². The molecule has 3 aliphatic heterocycles. The number of piperidine rings is 1. The van der Waals surface area contributed by atoms with Gasteiger partial charge in [-0.15, -0.1) is 0 Å². The van der Waals surface area contributed by atoms with Crippen molar-refractivity contribution in [2.24, 2.45) is 0 Å². The number of rotatable bonds is 20. The zero-order valence-electron chi connectivity index (χ0n) is 46.3. The van der Waals surface area contributed by atoms with Crippen LogP contribution in [0.1, 0.15) is 73.8 Å². The van der Waals surface area contributed by atoms with Crippen LogP contribution >= 0.6 is 0 Å². The zero-order chi connectivity index (χ0) is 56.2. The van der Waals surface area contributed by atoms with Crippen molar-refractivity contribution in [3.63, 3.8) is 0 Å². The van der Waals surface area contributed by atoms with E-state index in [-0.39, 0.29) is 55.3 Å². The molecule has 2 aromatic heterocycles. The van der Waals surface area contributed by atoms with E-state index in [0.29, 0.717) is 55.4 Å². The third kappa shape index (κ3) is 13.8. The second-order valence-electron chi connectivity index (χ2n) is 21.5. The lowest BCUT2D eigenvalue weighted by molar-refractivity contribution is -0.142. The Morgan fingerprint density at radius 1 is 0.802 bits per heavy atom. The molecule has 0 spiro atoms. The molecule has 19 nitrogen and oxygen atoms in total. The average molecular weight is 1100 g/mol. The Balaban J connectivity index is 0.679. The quantitative estimate of drug-likeness (QED) is 0.0467. The second-order valence-corrected chi connectivity index (χ2v) is 21.5. The number of pyridine rings is 1. The number of nitrogen functional groups attached to an aromatic ring is 1. The Morgan fingerprint density at radius 3 is 2.31 bits per heavy atom. The summed E-state index contributed by atoms with van der Waals surface area (Å²) in [7, 11) is 1.67. The lowest BCUT2D eigenvalue weighted by Gasteiger charge is -2.34. The molecule has 5 amide bonds. The van der Waals surface area contributed by atoms with Crippen molar-refractivity contribution in [1.29, 1.82) is 0 Å². The Hall–Kier alpha value is -7.97. The maximum atomic E-state index is 14.6. The first-order valence-corrected chi connectivity index (χ1v) is 28.4. The van der Waals surface area contributed by atoms with E-state index >= 15 is 0 Å². The van der Waals surface area contributed by atoms with Crippen LogP contribution in [0.2, 0.25) is 0 Å². The summed E-state index contributed by atoms with van der Waals surface area (Å²) < 4.78 is 13.9. The molecule has 4 aliphatic rings. The molecule has 0 bridgehead atoms. The van der Waals surface area contributed by atoms with E-state index in [1.165, 1.54) is 10.5 Å². The number of benzene rings is 4. The topological polar surface area (TPSA) is 222 Å². The van der Waals surface area contributed by atoms with Gasteiger partial charge in [-0.25, -0.2) is 9.67 Å². The number of likely N-dealkylation sites (tertiary alicyclic amines) is 2. The van der Waals surface area contributed by atoms with Crippen molar-refractivity contribution < 1.29 is 33.4 Å². The molecule has 0 saturated carbocycles. The fraction of sp³-hybridized carbons (Fsp3) is 0.403. The number of anilines is 1. The summed E-state index contributed by atoms with van der Waals surface area (Å²) in [4.78, 5) is 82.0. The van der Waals surface area contributed by atoms with Crippen molar-refractivity contribution in [3.05, 3.63) is 150 Å². The van der Waals surface area contributed by atoms with Crippen LogP contribution in [0.5, 0.6) is 11.5 Å². The molecule has 19 heteroatoms. The van der Waals surface area contributed by atoms with E-state index in [2.05, 4.69) is 37.1 Å². The lowest BCUT2D eigenvalue weighted by atomic mass is 9.87. The number of hydrogen-bond acceptors (Lipinski definition) is 13. The van der Waals surface area contributed by atoms with Gasteiger partial charge in [0.1, 0.15) is 35.9 Å². The number of nitrogens with one attached hydrogen (secondary N) is 4. The monoisotopic (exact) mass is 1100 g/mol. The minimum absolute atomic E-state index is 0.0277. The summed E-state index contributed by atoms with van der Waals surface area (Å²) in [5.74, 6) is 0.0149. The molecule has 3 saturated heterocycles. The van der Waals surface area contributed by atoms with Gasteiger partial charge < -0.3 is 46.3 Å². The largest absolute Gasteiger partial charge is 0.457 e. The zero-order valence-corrected chi connectivity index (χ0v) is 46.3. The van der Waals surface area contributed by atoms with Crippen molar-refractivity contribution in [2.45, 2.75) is 81.7 Å². The van der Waals surface area contributed by atoms with Gasteiger partial charge in [0.05, 0.1) is 30.1 Å². The van der Waals surface area contributed by atoms with Crippen molar-refractivity contribution in [2.75, 3.05) is 84.9 Å². The SMILES string of the molecule is CN[C@H](C)C(=O)N[C@H](C(=O)N1C[C@H](NC(=O)COCCN2CCN(C/C=C/C(=O)N3CCC[C@@H](n4nc(-c5ccc(Oc6ccccc6)cc5)c5c(N)ccnc54)C3)CC2)CC1C(=O)N[C@H]1CCCc2ccccc21)c1ccccc1. The fourth-order valence-corrected chi connectivity index (χ4v) is 11.5. The molecule has 6 atom stereocenters. The molecule has 1 unspecified atom stereocenters. The van der Waals surface area contributed by atoms with Crippen molar-refractivity contribution in [3.8, 4) is 22.8 Å². The first kappa shape index (κ1) is 56.3. The first-order valence-electron chi connectivity index (χ1n) is 28.4. The standard InChI is InChI=1S/C62H74N12O7/c1-42(64-2)60(77)68-58(44-15-5-3-6-16-44)62(79)73-39-46(38-53(73)61(78)67-52-22-11-17-43-14-9-10-21-50(43)52)66-54(75)41-80-37-36-71-34-32-70(33-35-71)30-13-23-55(76)72-31-12-18-47(40-72)74-59-56(51(63)28-29-65-59)57(69-74)45-24-26-49(27-25-45)81-48-19-7-4-8-20-48/h3-10,13-16,19-21,23-29,42,46-47,52-53,58,64H,11-12,17-18,22,30-41H2,1-2H3,(H2,63,65)(H,66,75)(H,67,78)(H,68,77)/b23-13+/t42-,46-,47-,52+,53?,58+/m1/s1. The fourth-order valence-electron chi connectivity index (χ4n) is 11.5. The minimum atomic E-state index is -1.05. The number of fused-ring (bicyclic) bond motifs is 2. The van der Waals surface area contributed by atoms with Crippen LogP contribution in [0.4, 0.5) is 5.69 Å². The molecule has 6 aromatic rings. The third-order valence-electron chi connectivity index (χ3n) is 16.1. The molecule has 0 radical (unpaired) electrons. The Labute approximate surface area is 473 Å².